The number of hydrogen-bond acceptors (Lipinski definition) is 2. The number of carbonyl (C=O) groups excluding carboxylic acids is 1. The van der Waals surface area contributed by atoms with Gasteiger partial charge in [0.05, 0.1) is 0 Å². The summed E-state index contributed by atoms with van der Waals surface area (Å²) in [5.74, 6) is 1.30. The molecule has 0 aromatic heterocycles. The van der Waals surface area contributed by atoms with E-state index >= 15 is 0 Å². The summed E-state index contributed by atoms with van der Waals surface area (Å²) in [5, 5.41) is 10.3. The second kappa shape index (κ2) is 6.02. The molecule has 0 aliphatic heterocycles. The maximum absolute atomic E-state index is 12.5. The molecule has 0 radical (unpaired) electrons. The summed E-state index contributed by atoms with van der Waals surface area (Å²) in [5.41, 5.74) is 5.33. The summed E-state index contributed by atoms with van der Waals surface area (Å²) < 4.78 is 0. The van der Waals surface area contributed by atoms with E-state index in [9.17, 15) is 9.90 Å². The number of ketones is 1. The van der Waals surface area contributed by atoms with E-state index < -0.39 is 0 Å². The molecule has 3 fully saturated rings. The molecule has 0 aromatic rings. The molecule has 2 nitrogen and oxygen atoms in total. The average molecular weight is 407 g/mol. The van der Waals surface area contributed by atoms with Crippen LogP contribution in [-0.2, 0) is 4.79 Å². The van der Waals surface area contributed by atoms with Gasteiger partial charge in [0, 0.05) is 11.0 Å². The average Bonchev–Trinajstić information content (AvgIpc) is 2.70. The summed E-state index contributed by atoms with van der Waals surface area (Å²) in [6.45, 7) is 14.4. The second-order valence-electron chi connectivity index (χ2n) is 12.2. The largest absolute Gasteiger partial charge is 0.504 e. The zero-order valence-electron chi connectivity index (χ0n) is 19.7. The highest BCUT2D eigenvalue weighted by Crippen LogP contribution is 2.74. The van der Waals surface area contributed by atoms with Gasteiger partial charge in [-0.25, -0.2) is 0 Å². The van der Waals surface area contributed by atoms with Crippen molar-refractivity contribution in [1.29, 1.82) is 0 Å². The van der Waals surface area contributed by atoms with E-state index in [0.717, 1.165) is 35.0 Å². The lowest BCUT2D eigenvalue weighted by molar-refractivity contribution is -0.148. The van der Waals surface area contributed by atoms with Crippen LogP contribution in [0.2, 0.25) is 0 Å². The van der Waals surface area contributed by atoms with Gasteiger partial charge in [0.25, 0.3) is 0 Å². The highest BCUT2D eigenvalue weighted by Gasteiger charge is 2.65. The first-order valence-electron chi connectivity index (χ1n) is 12.1. The van der Waals surface area contributed by atoms with Crippen molar-refractivity contribution in [3.63, 3.8) is 0 Å². The standard InChI is InChI=1S/C28H38O2/c1-17-9-10-25(3)11-13-27(5)22-8-7-19-18(2)24(30)21(29)16-20(19)26(22,4)12-14-28(27,6)23(25)15-17/h7-8,16-17,23,30H,9-15H2,1-6H3/t17?,23?,25?,26?,27?,28-/m0/s1. The van der Waals surface area contributed by atoms with Crippen LogP contribution < -0.4 is 0 Å². The summed E-state index contributed by atoms with van der Waals surface area (Å²) in [4.78, 5) is 12.5. The lowest BCUT2D eigenvalue weighted by Crippen LogP contribution is -2.60. The topological polar surface area (TPSA) is 37.3 Å². The highest BCUT2D eigenvalue weighted by molar-refractivity contribution is 6.06. The van der Waals surface area contributed by atoms with Crippen LogP contribution in [0, 0.1) is 33.5 Å². The molecule has 0 amide bonds. The van der Waals surface area contributed by atoms with E-state index in [1.165, 1.54) is 38.5 Å². The van der Waals surface area contributed by atoms with Gasteiger partial charge in [-0.05, 0) is 90.8 Å². The van der Waals surface area contributed by atoms with Gasteiger partial charge in [-0.3, -0.25) is 4.79 Å². The number of fused-ring (bicyclic) bond motifs is 7. The zero-order valence-corrected chi connectivity index (χ0v) is 19.7. The number of aliphatic hydroxyl groups excluding tert-OH is 1. The molecule has 162 valence electrons. The Balaban J connectivity index is 1.66. The summed E-state index contributed by atoms with van der Waals surface area (Å²) in [6.07, 6.45) is 15.3. The van der Waals surface area contributed by atoms with Crippen molar-refractivity contribution in [2.24, 2.45) is 33.5 Å². The van der Waals surface area contributed by atoms with E-state index in [2.05, 4.69) is 46.8 Å². The molecule has 5 rings (SSSR count). The summed E-state index contributed by atoms with van der Waals surface area (Å²) >= 11 is 0. The van der Waals surface area contributed by atoms with Crippen molar-refractivity contribution in [2.45, 2.75) is 86.5 Å². The van der Waals surface area contributed by atoms with Crippen LogP contribution in [0.3, 0.4) is 0 Å². The molecule has 0 bridgehead atoms. The van der Waals surface area contributed by atoms with Gasteiger partial charge in [0.15, 0.2) is 5.76 Å². The van der Waals surface area contributed by atoms with Crippen molar-refractivity contribution in [2.75, 3.05) is 0 Å². The van der Waals surface area contributed by atoms with Crippen molar-refractivity contribution in [3.05, 3.63) is 46.3 Å². The SMILES string of the molecule is CC1=C(O)C(=O)C=C2C1=CC=C1C2(C)CC[C@@]2(C)C3CC(C)CCC3(C)CCC12C. The first-order chi connectivity index (χ1) is 14.0. The predicted molar refractivity (Wildman–Crippen MR) is 122 cm³/mol. The first-order valence-corrected chi connectivity index (χ1v) is 12.1. The lowest BCUT2D eigenvalue weighted by Gasteiger charge is -2.69. The van der Waals surface area contributed by atoms with E-state index in [4.69, 9.17) is 0 Å². The van der Waals surface area contributed by atoms with E-state index in [1.54, 1.807) is 11.6 Å². The molecule has 5 aliphatic rings. The second-order valence-corrected chi connectivity index (χ2v) is 12.2. The van der Waals surface area contributed by atoms with Crippen LogP contribution in [0.25, 0.3) is 0 Å². The number of rotatable bonds is 0. The minimum absolute atomic E-state index is 0.0815. The summed E-state index contributed by atoms with van der Waals surface area (Å²) in [7, 11) is 0. The molecule has 0 spiro atoms. The minimum atomic E-state index is -0.224. The predicted octanol–water partition coefficient (Wildman–Crippen LogP) is 7.24. The molecule has 1 N–H and O–H groups in total. The monoisotopic (exact) mass is 406 g/mol. The normalized spacial score (nSPS) is 47.9. The third kappa shape index (κ3) is 2.29. The van der Waals surface area contributed by atoms with Gasteiger partial charge in [0.1, 0.15) is 0 Å². The van der Waals surface area contributed by atoms with E-state index in [1.807, 2.05) is 6.92 Å². The van der Waals surface area contributed by atoms with Crippen LogP contribution in [-0.4, -0.2) is 10.9 Å². The highest BCUT2D eigenvalue weighted by atomic mass is 16.3. The van der Waals surface area contributed by atoms with Gasteiger partial charge >= 0.3 is 0 Å². The number of hydrogen-bond donors (Lipinski definition) is 1. The lowest BCUT2D eigenvalue weighted by atomic mass is 9.35. The van der Waals surface area contributed by atoms with Gasteiger partial charge in [0.2, 0.25) is 5.78 Å². The Morgan fingerprint density at radius 2 is 1.73 bits per heavy atom. The quantitative estimate of drug-likeness (QED) is 0.460. The fourth-order valence-corrected chi connectivity index (χ4v) is 8.51. The van der Waals surface area contributed by atoms with Crippen LogP contribution in [0.1, 0.15) is 86.5 Å². The van der Waals surface area contributed by atoms with Gasteiger partial charge in [-0.15, -0.1) is 0 Å². The Hall–Kier alpha value is -1.57. The fourth-order valence-electron chi connectivity index (χ4n) is 8.51. The van der Waals surface area contributed by atoms with Gasteiger partial charge in [-0.1, -0.05) is 58.8 Å². The Labute approximate surface area is 182 Å². The van der Waals surface area contributed by atoms with Gasteiger partial charge in [-0.2, -0.15) is 0 Å². The van der Waals surface area contributed by atoms with E-state index in [-0.39, 0.29) is 22.4 Å². The third-order valence-corrected chi connectivity index (χ3v) is 10.8. The number of allylic oxidation sites excluding steroid dienone is 7. The van der Waals surface area contributed by atoms with Crippen LogP contribution in [0.4, 0.5) is 0 Å². The Bertz CT molecular complexity index is 961. The molecule has 3 saturated carbocycles. The zero-order chi connectivity index (χ0) is 21.7. The Kier molecular flexibility index (Phi) is 4.08. The number of carbonyl (C=O) groups is 1. The molecule has 0 heterocycles. The maximum atomic E-state index is 12.5. The number of aliphatic hydroxyl groups is 1. The third-order valence-electron chi connectivity index (χ3n) is 10.8. The first kappa shape index (κ1) is 20.3. The molecular formula is C28H38O2. The fraction of sp³-hybridized carbons (Fsp3) is 0.679. The van der Waals surface area contributed by atoms with Crippen molar-refractivity contribution in [1.82, 2.24) is 0 Å². The molecule has 5 unspecified atom stereocenters. The van der Waals surface area contributed by atoms with Crippen LogP contribution in [0.5, 0.6) is 0 Å². The van der Waals surface area contributed by atoms with Crippen molar-refractivity contribution in [3.8, 4) is 0 Å². The molecule has 0 saturated heterocycles. The van der Waals surface area contributed by atoms with Crippen LogP contribution >= 0.6 is 0 Å². The van der Waals surface area contributed by atoms with Crippen LogP contribution in [0.15, 0.2) is 46.3 Å². The molecule has 6 atom stereocenters. The molecule has 2 heteroatoms. The molecule has 30 heavy (non-hydrogen) atoms. The Morgan fingerprint density at radius 3 is 2.47 bits per heavy atom. The molecule has 0 aromatic carbocycles. The van der Waals surface area contributed by atoms with Crippen molar-refractivity contribution >= 4 is 5.78 Å². The Morgan fingerprint density at radius 1 is 1.00 bits per heavy atom. The molecule has 5 aliphatic carbocycles. The minimum Gasteiger partial charge on any atom is -0.504 e. The van der Waals surface area contributed by atoms with E-state index in [0.29, 0.717) is 10.8 Å². The maximum Gasteiger partial charge on any atom is 0.220 e. The smallest absolute Gasteiger partial charge is 0.220 e. The molecular weight excluding hydrogens is 368 g/mol. The van der Waals surface area contributed by atoms with Crippen molar-refractivity contribution < 1.29 is 9.90 Å². The van der Waals surface area contributed by atoms with Gasteiger partial charge < -0.3 is 5.11 Å². The summed E-state index contributed by atoms with van der Waals surface area (Å²) in [6, 6.07) is 0.